The molecule has 0 aliphatic carbocycles. The summed E-state index contributed by atoms with van der Waals surface area (Å²) in [5.74, 6) is -6.55. The Labute approximate surface area is 97.0 Å². The molecule has 0 N–H and O–H groups in total. The third-order valence-corrected chi connectivity index (χ3v) is 1.99. The minimum absolute atomic E-state index is 1.01. The van der Waals surface area contributed by atoms with Gasteiger partial charge in [-0.1, -0.05) is 15.9 Å². The zero-order chi connectivity index (χ0) is 14.1. The molecule has 0 saturated carbocycles. The van der Waals surface area contributed by atoms with Crippen LogP contribution in [-0.2, 0) is 9.53 Å². The van der Waals surface area contributed by atoms with Crippen molar-refractivity contribution in [2.24, 2.45) is 0 Å². The molecule has 17 heavy (non-hydrogen) atoms. The van der Waals surface area contributed by atoms with Gasteiger partial charge in [-0.3, -0.25) is 4.79 Å². The quantitative estimate of drug-likeness (QED) is 0.437. The Morgan fingerprint density at radius 2 is 1.53 bits per heavy atom. The lowest BCUT2D eigenvalue weighted by Gasteiger charge is -2.29. The highest BCUT2D eigenvalue weighted by molar-refractivity contribution is 9.09. The molecule has 11 heteroatoms. The molecule has 0 aromatic carbocycles. The number of hydrogen-bond acceptors (Lipinski definition) is 2. The molecule has 0 aliphatic heterocycles. The highest BCUT2D eigenvalue weighted by Crippen LogP contribution is 2.47. The molecule has 0 aromatic heterocycles. The summed E-state index contributed by atoms with van der Waals surface area (Å²) >= 11 is 2.24. The zero-order valence-electron chi connectivity index (χ0n) is 7.50. The Morgan fingerprint density at radius 3 is 1.76 bits per heavy atom. The first kappa shape index (κ1) is 16.6. The van der Waals surface area contributed by atoms with Gasteiger partial charge in [0.05, 0.1) is 0 Å². The Hall–Kier alpha value is -0.450. The highest BCUT2D eigenvalue weighted by Gasteiger charge is 2.75. The van der Waals surface area contributed by atoms with Crippen molar-refractivity contribution in [3.63, 3.8) is 0 Å². The second-order valence-corrected chi connectivity index (χ2v) is 3.30. The van der Waals surface area contributed by atoms with Crippen molar-refractivity contribution in [3.8, 4) is 0 Å². The summed E-state index contributed by atoms with van der Waals surface area (Å²) in [6.45, 7) is 0. The molecule has 0 bridgehead atoms. The van der Waals surface area contributed by atoms with Crippen molar-refractivity contribution >= 4 is 22.0 Å². The molecule has 0 rings (SSSR count). The fraction of sp³-hybridized carbons (Fsp3) is 0.833. The van der Waals surface area contributed by atoms with E-state index in [9.17, 15) is 39.9 Å². The number of hydrogen-bond donors (Lipinski definition) is 0. The Morgan fingerprint density at radius 1 is 1.12 bits per heavy atom. The van der Waals surface area contributed by atoms with Gasteiger partial charge < -0.3 is 4.74 Å². The van der Waals surface area contributed by atoms with E-state index in [0.29, 0.717) is 0 Å². The van der Waals surface area contributed by atoms with Gasteiger partial charge in [0, 0.05) is 5.33 Å². The van der Waals surface area contributed by atoms with Crippen molar-refractivity contribution in [2.75, 3.05) is 5.33 Å². The van der Waals surface area contributed by atoms with Crippen LogP contribution in [0.1, 0.15) is 0 Å². The Bertz CT molecular complexity index is 288. The van der Waals surface area contributed by atoms with E-state index in [0.717, 1.165) is 0 Å². The number of carbonyl (C=O) groups is 1. The van der Waals surface area contributed by atoms with Crippen LogP contribution in [0.15, 0.2) is 0 Å². The van der Waals surface area contributed by atoms with E-state index in [1.807, 2.05) is 0 Å². The summed E-state index contributed by atoms with van der Waals surface area (Å²) in [6.07, 6.45) is -15.4. The SMILES string of the molecule is O=C(F)C(CBr)OC(F)(F)C(F)(F)C(F)(F)F. The van der Waals surface area contributed by atoms with Gasteiger partial charge >= 0.3 is 24.2 Å². The molecule has 102 valence electrons. The van der Waals surface area contributed by atoms with Crippen LogP contribution in [0.25, 0.3) is 0 Å². The molecule has 0 amide bonds. The molecular formula is C6H3BrF8O2. The van der Waals surface area contributed by atoms with Crippen molar-refractivity contribution in [3.05, 3.63) is 0 Å². The predicted molar refractivity (Wildman–Crippen MR) is 40.7 cm³/mol. The number of carbonyl (C=O) groups excluding carboxylic acids is 1. The number of halogens is 9. The Kier molecular flexibility index (Phi) is 4.91. The van der Waals surface area contributed by atoms with Crippen LogP contribution in [0, 0.1) is 0 Å². The summed E-state index contributed by atoms with van der Waals surface area (Å²) in [7, 11) is 0. The maximum Gasteiger partial charge on any atom is 0.462 e. The second-order valence-electron chi connectivity index (χ2n) is 2.65. The van der Waals surface area contributed by atoms with Gasteiger partial charge in [-0.05, 0) is 0 Å². The zero-order valence-corrected chi connectivity index (χ0v) is 9.09. The van der Waals surface area contributed by atoms with Gasteiger partial charge in [-0.25, -0.2) is 0 Å². The standard InChI is InChI=1S/C6H3BrF8O2/c7-1-2(3(8)16)17-6(14,15)4(9,10)5(11,12)13/h2H,1H2. The summed E-state index contributed by atoms with van der Waals surface area (Å²) < 4.78 is 98.9. The molecule has 0 aromatic rings. The topological polar surface area (TPSA) is 26.3 Å². The molecule has 1 unspecified atom stereocenters. The average molecular weight is 339 g/mol. The normalized spacial score (nSPS) is 15.8. The van der Waals surface area contributed by atoms with Crippen LogP contribution in [0.3, 0.4) is 0 Å². The van der Waals surface area contributed by atoms with Gasteiger partial charge in [-0.15, -0.1) is 0 Å². The van der Waals surface area contributed by atoms with Crippen LogP contribution >= 0.6 is 15.9 Å². The molecule has 0 heterocycles. The maximum absolute atomic E-state index is 12.5. The van der Waals surface area contributed by atoms with E-state index in [-0.39, 0.29) is 0 Å². The number of ether oxygens (including phenoxy) is 1. The predicted octanol–water partition coefficient (Wildman–Crippen LogP) is 3.05. The lowest BCUT2D eigenvalue weighted by molar-refractivity contribution is -0.428. The highest BCUT2D eigenvalue weighted by atomic mass is 79.9. The van der Waals surface area contributed by atoms with Gasteiger partial charge in [0.25, 0.3) is 0 Å². The fourth-order valence-corrected chi connectivity index (χ4v) is 0.943. The van der Waals surface area contributed by atoms with Crippen LogP contribution in [0.4, 0.5) is 35.1 Å². The third kappa shape index (κ3) is 3.50. The van der Waals surface area contributed by atoms with Crippen molar-refractivity contribution in [1.82, 2.24) is 0 Å². The minimum atomic E-state index is -6.60. The van der Waals surface area contributed by atoms with Gasteiger partial charge in [0.2, 0.25) is 0 Å². The number of rotatable bonds is 5. The monoisotopic (exact) mass is 338 g/mol. The fourth-order valence-electron chi connectivity index (χ4n) is 0.556. The van der Waals surface area contributed by atoms with Crippen molar-refractivity contribution in [2.45, 2.75) is 24.3 Å². The van der Waals surface area contributed by atoms with Crippen molar-refractivity contribution < 1.29 is 44.7 Å². The number of alkyl halides is 8. The van der Waals surface area contributed by atoms with Gasteiger partial charge in [0.1, 0.15) is 0 Å². The van der Waals surface area contributed by atoms with E-state index in [1.165, 1.54) is 0 Å². The van der Waals surface area contributed by atoms with Gasteiger partial charge in [0.15, 0.2) is 6.10 Å². The van der Waals surface area contributed by atoms with Crippen LogP contribution < -0.4 is 0 Å². The lowest BCUT2D eigenvalue weighted by atomic mass is 10.3. The summed E-state index contributed by atoms with van der Waals surface area (Å²) in [4.78, 5) is 9.95. The summed E-state index contributed by atoms with van der Waals surface area (Å²) in [5.41, 5.74) is 0. The minimum Gasteiger partial charge on any atom is -0.300 e. The van der Waals surface area contributed by atoms with Crippen molar-refractivity contribution in [1.29, 1.82) is 0 Å². The van der Waals surface area contributed by atoms with E-state index >= 15 is 0 Å². The molecular weight excluding hydrogens is 336 g/mol. The first-order valence-electron chi connectivity index (χ1n) is 3.62. The average Bonchev–Trinajstić information content (AvgIpc) is 2.11. The first-order chi connectivity index (χ1) is 7.37. The van der Waals surface area contributed by atoms with E-state index in [1.54, 1.807) is 0 Å². The molecule has 0 aliphatic rings. The molecule has 0 fully saturated rings. The molecule has 2 nitrogen and oxygen atoms in total. The second kappa shape index (κ2) is 5.04. The third-order valence-electron chi connectivity index (χ3n) is 1.41. The van der Waals surface area contributed by atoms with E-state index < -0.39 is 35.7 Å². The smallest absolute Gasteiger partial charge is 0.300 e. The summed E-state index contributed by atoms with van der Waals surface area (Å²) in [6, 6.07) is -2.61. The molecule has 0 saturated heterocycles. The van der Waals surface area contributed by atoms with E-state index in [4.69, 9.17) is 0 Å². The van der Waals surface area contributed by atoms with Crippen LogP contribution in [-0.4, -0.2) is 35.7 Å². The van der Waals surface area contributed by atoms with Gasteiger partial charge in [-0.2, -0.15) is 35.1 Å². The summed E-state index contributed by atoms with van der Waals surface area (Å²) in [5, 5.41) is -1.01. The molecule has 1 atom stereocenters. The maximum atomic E-state index is 12.5. The first-order valence-corrected chi connectivity index (χ1v) is 4.74. The Balaban J connectivity index is 5.08. The largest absolute Gasteiger partial charge is 0.462 e. The van der Waals surface area contributed by atoms with Crippen LogP contribution in [0.2, 0.25) is 0 Å². The molecule has 0 radical (unpaired) electrons. The molecule has 0 spiro atoms. The lowest BCUT2D eigenvalue weighted by Crippen LogP contribution is -2.55. The van der Waals surface area contributed by atoms with Crippen LogP contribution in [0.5, 0.6) is 0 Å². The van der Waals surface area contributed by atoms with E-state index in [2.05, 4.69) is 20.7 Å².